The maximum absolute atomic E-state index is 14.5. The Labute approximate surface area is 270 Å². The first-order valence-electron chi connectivity index (χ1n) is 14.8. The zero-order chi connectivity index (χ0) is 32.2. The second-order valence-corrected chi connectivity index (χ2v) is 12.8. The number of nitrogens with one attached hydrogen (secondary N) is 1. The maximum Gasteiger partial charge on any atom is 0.264 e. The number of carbonyl (C=O) groups is 2. The number of para-hydroxylation sites is 1. The summed E-state index contributed by atoms with van der Waals surface area (Å²) >= 11 is 6.04. The summed E-state index contributed by atoms with van der Waals surface area (Å²) in [6.45, 7) is 2.01. The van der Waals surface area contributed by atoms with E-state index in [0.717, 1.165) is 28.3 Å². The van der Waals surface area contributed by atoms with Crippen molar-refractivity contribution >= 4 is 39.1 Å². The smallest absolute Gasteiger partial charge is 0.264 e. The van der Waals surface area contributed by atoms with Crippen molar-refractivity contribution in [3.05, 3.63) is 125 Å². The second kappa shape index (κ2) is 16.1. The molecule has 0 spiro atoms. The molecule has 1 atom stereocenters. The van der Waals surface area contributed by atoms with Crippen LogP contribution >= 0.6 is 11.6 Å². The average molecular weight is 648 g/mol. The lowest BCUT2D eigenvalue weighted by Crippen LogP contribution is -2.53. The van der Waals surface area contributed by atoms with Gasteiger partial charge in [0.15, 0.2) is 0 Å². The molecule has 0 aliphatic heterocycles. The van der Waals surface area contributed by atoms with E-state index in [-0.39, 0.29) is 23.8 Å². The first-order valence-corrected chi connectivity index (χ1v) is 16.6. The van der Waals surface area contributed by atoms with Crippen molar-refractivity contribution in [2.75, 3.05) is 24.5 Å². The minimum atomic E-state index is -4.20. The number of hydrogen-bond acceptors (Lipinski definition) is 5. The summed E-state index contributed by atoms with van der Waals surface area (Å²) in [6.07, 6.45) is 1.92. The molecule has 8 nitrogen and oxygen atoms in total. The Morgan fingerprint density at radius 2 is 1.51 bits per heavy atom. The number of hydrogen-bond donors (Lipinski definition) is 1. The molecule has 45 heavy (non-hydrogen) atoms. The Morgan fingerprint density at radius 1 is 0.867 bits per heavy atom. The Balaban J connectivity index is 1.78. The normalized spacial score (nSPS) is 11.8. The van der Waals surface area contributed by atoms with Crippen LogP contribution in [0.15, 0.2) is 114 Å². The molecule has 1 N–H and O–H groups in total. The highest BCUT2D eigenvalue weighted by molar-refractivity contribution is 7.92. The standard InChI is InChI=1S/C35H38ClN3O5S/c1-3-4-22-37-35(41)33(24-27-12-7-5-8-13-27)38(25-28-14-11-17-31(23-28)44-2)34(40)26-39(30-15-9-6-10-16-30)45(42,43)32-20-18-29(36)19-21-32/h5-21,23,33H,3-4,22,24-26H2,1-2H3,(H,37,41). The number of ether oxygens (including phenoxy) is 1. The zero-order valence-corrected chi connectivity index (χ0v) is 27.0. The van der Waals surface area contributed by atoms with Crippen molar-refractivity contribution in [2.24, 2.45) is 0 Å². The lowest BCUT2D eigenvalue weighted by Gasteiger charge is -2.34. The van der Waals surface area contributed by atoms with Crippen LogP contribution in [0.4, 0.5) is 5.69 Å². The Hall–Kier alpha value is -4.34. The van der Waals surface area contributed by atoms with Gasteiger partial charge in [-0.2, -0.15) is 0 Å². The summed E-state index contributed by atoms with van der Waals surface area (Å²) < 4.78 is 34.5. The van der Waals surface area contributed by atoms with Gasteiger partial charge in [-0.1, -0.05) is 85.6 Å². The average Bonchev–Trinajstić information content (AvgIpc) is 3.06. The van der Waals surface area contributed by atoms with Crippen molar-refractivity contribution in [2.45, 2.75) is 43.7 Å². The van der Waals surface area contributed by atoms with Crippen LogP contribution in [0, 0.1) is 0 Å². The van der Waals surface area contributed by atoms with Crippen LogP contribution in [-0.4, -0.2) is 51.4 Å². The number of amides is 2. The summed E-state index contributed by atoms with van der Waals surface area (Å²) in [7, 11) is -2.64. The summed E-state index contributed by atoms with van der Waals surface area (Å²) in [5, 5.41) is 3.38. The van der Waals surface area contributed by atoms with Gasteiger partial charge in [0, 0.05) is 24.5 Å². The van der Waals surface area contributed by atoms with E-state index in [1.54, 1.807) is 49.6 Å². The van der Waals surface area contributed by atoms with E-state index in [0.29, 0.717) is 23.0 Å². The third-order valence-corrected chi connectivity index (χ3v) is 9.35. The Kier molecular flexibility index (Phi) is 12.0. The summed E-state index contributed by atoms with van der Waals surface area (Å²) in [5.74, 6) is -0.246. The molecule has 0 radical (unpaired) electrons. The minimum Gasteiger partial charge on any atom is -0.497 e. The van der Waals surface area contributed by atoms with Gasteiger partial charge in [-0.25, -0.2) is 8.42 Å². The van der Waals surface area contributed by atoms with E-state index in [4.69, 9.17) is 16.3 Å². The van der Waals surface area contributed by atoms with E-state index < -0.39 is 28.5 Å². The van der Waals surface area contributed by atoms with Gasteiger partial charge in [-0.15, -0.1) is 0 Å². The van der Waals surface area contributed by atoms with Crippen molar-refractivity contribution in [1.82, 2.24) is 10.2 Å². The number of nitrogens with zero attached hydrogens (tertiary/aromatic N) is 2. The second-order valence-electron chi connectivity index (χ2n) is 10.5. The van der Waals surface area contributed by atoms with Crippen LogP contribution in [0.3, 0.4) is 0 Å². The summed E-state index contributed by atoms with van der Waals surface area (Å²) in [4.78, 5) is 29.7. The third-order valence-electron chi connectivity index (χ3n) is 7.31. The molecule has 0 bridgehead atoms. The molecule has 0 aromatic heterocycles. The molecule has 1 unspecified atom stereocenters. The van der Waals surface area contributed by atoms with Crippen LogP contribution in [0.25, 0.3) is 0 Å². The van der Waals surface area contributed by atoms with Crippen molar-refractivity contribution in [3.63, 3.8) is 0 Å². The fraction of sp³-hybridized carbons (Fsp3) is 0.257. The third kappa shape index (κ3) is 9.09. The number of anilines is 1. The monoisotopic (exact) mass is 647 g/mol. The van der Waals surface area contributed by atoms with Crippen LogP contribution in [-0.2, 0) is 32.6 Å². The predicted molar refractivity (Wildman–Crippen MR) is 178 cm³/mol. The van der Waals surface area contributed by atoms with Gasteiger partial charge in [0.2, 0.25) is 11.8 Å². The van der Waals surface area contributed by atoms with E-state index in [9.17, 15) is 18.0 Å². The number of halogens is 1. The number of rotatable bonds is 15. The number of unbranched alkanes of at least 4 members (excludes halogenated alkanes) is 1. The highest BCUT2D eigenvalue weighted by atomic mass is 35.5. The Bertz CT molecular complexity index is 1650. The van der Waals surface area contributed by atoms with E-state index in [1.165, 1.54) is 29.2 Å². The van der Waals surface area contributed by atoms with Crippen LogP contribution in [0.1, 0.15) is 30.9 Å². The van der Waals surface area contributed by atoms with Gasteiger partial charge in [0.05, 0.1) is 17.7 Å². The van der Waals surface area contributed by atoms with E-state index >= 15 is 0 Å². The molecule has 0 heterocycles. The summed E-state index contributed by atoms with van der Waals surface area (Å²) in [6, 6.07) is 30.0. The first-order chi connectivity index (χ1) is 21.7. The number of sulfonamides is 1. The van der Waals surface area contributed by atoms with Gasteiger partial charge in [0.25, 0.3) is 10.0 Å². The molecular weight excluding hydrogens is 610 g/mol. The molecule has 0 fully saturated rings. The SMILES string of the molecule is CCCCNC(=O)C(Cc1ccccc1)N(Cc1cccc(OC)c1)C(=O)CN(c1ccccc1)S(=O)(=O)c1ccc(Cl)cc1. The zero-order valence-electron chi connectivity index (χ0n) is 25.4. The number of benzene rings is 4. The highest BCUT2D eigenvalue weighted by Gasteiger charge is 2.34. The molecule has 0 saturated carbocycles. The van der Waals surface area contributed by atoms with Crippen molar-refractivity contribution in [3.8, 4) is 5.75 Å². The molecule has 4 aromatic carbocycles. The van der Waals surface area contributed by atoms with Crippen LogP contribution < -0.4 is 14.4 Å². The lowest BCUT2D eigenvalue weighted by atomic mass is 10.0. The van der Waals surface area contributed by atoms with Gasteiger partial charge in [-0.05, 0) is 66.1 Å². The Morgan fingerprint density at radius 3 is 2.16 bits per heavy atom. The molecule has 4 aromatic rings. The molecule has 0 saturated heterocycles. The highest BCUT2D eigenvalue weighted by Crippen LogP contribution is 2.26. The van der Waals surface area contributed by atoms with Gasteiger partial charge >= 0.3 is 0 Å². The maximum atomic E-state index is 14.5. The molecule has 0 aliphatic carbocycles. The molecule has 4 rings (SSSR count). The molecule has 2 amide bonds. The number of carbonyl (C=O) groups excluding carboxylic acids is 2. The van der Waals surface area contributed by atoms with Gasteiger partial charge in [0.1, 0.15) is 18.3 Å². The fourth-order valence-corrected chi connectivity index (χ4v) is 6.42. The van der Waals surface area contributed by atoms with E-state index in [1.807, 2.05) is 49.4 Å². The van der Waals surface area contributed by atoms with Gasteiger partial charge in [-0.3, -0.25) is 13.9 Å². The molecular formula is C35H38ClN3O5S. The largest absolute Gasteiger partial charge is 0.497 e. The van der Waals surface area contributed by atoms with Crippen molar-refractivity contribution < 1.29 is 22.7 Å². The predicted octanol–water partition coefficient (Wildman–Crippen LogP) is 6.10. The molecule has 10 heteroatoms. The minimum absolute atomic E-state index is 0.0129. The molecule has 0 aliphatic rings. The van der Waals surface area contributed by atoms with Crippen LogP contribution in [0.2, 0.25) is 5.02 Å². The van der Waals surface area contributed by atoms with Gasteiger partial charge < -0.3 is 15.0 Å². The van der Waals surface area contributed by atoms with E-state index in [2.05, 4.69) is 5.32 Å². The lowest BCUT2D eigenvalue weighted by molar-refractivity contribution is -0.140. The van der Waals surface area contributed by atoms with Crippen LogP contribution in [0.5, 0.6) is 5.75 Å². The van der Waals surface area contributed by atoms with Crippen molar-refractivity contribution in [1.29, 1.82) is 0 Å². The topological polar surface area (TPSA) is 96.0 Å². The fourth-order valence-electron chi connectivity index (χ4n) is 4.88. The first kappa shape index (κ1) is 33.6. The summed E-state index contributed by atoms with van der Waals surface area (Å²) in [5.41, 5.74) is 1.91. The molecule has 236 valence electrons. The quantitative estimate of drug-likeness (QED) is 0.157. The number of methoxy groups -OCH3 is 1.